The van der Waals surface area contributed by atoms with Crippen molar-refractivity contribution >= 4 is 23.5 Å². The molecule has 148 valence electrons. The number of nitrogens with zero attached hydrogens (tertiary/aromatic N) is 1. The molecule has 1 aliphatic heterocycles. The summed E-state index contributed by atoms with van der Waals surface area (Å²) in [7, 11) is 0. The number of amides is 1. The van der Waals surface area contributed by atoms with Gasteiger partial charge in [-0.1, -0.05) is 18.2 Å². The molecule has 0 bridgehead atoms. The Hall–Kier alpha value is -2.45. The second kappa shape index (κ2) is 7.66. The van der Waals surface area contributed by atoms with Crippen LogP contribution in [0.3, 0.4) is 0 Å². The number of hydrogen-bond acceptors (Lipinski definition) is 7. The number of aliphatic hydroxyl groups excluding tert-OH is 1. The van der Waals surface area contributed by atoms with E-state index in [1.54, 1.807) is 52.0 Å². The summed E-state index contributed by atoms with van der Waals surface area (Å²) in [5.74, 6) is -2.43. The van der Waals surface area contributed by atoms with Crippen LogP contribution in [0.5, 0.6) is 0 Å². The Bertz CT molecular complexity index is 742. The molecule has 1 aromatic rings. The lowest BCUT2D eigenvalue weighted by Gasteiger charge is -2.32. The van der Waals surface area contributed by atoms with Gasteiger partial charge in [0.15, 0.2) is 5.54 Å². The molecule has 1 amide bonds. The minimum Gasteiger partial charge on any atom is -0.465 e. The van der Waals surface area contributed by atoms with Crippen molar-refractivity contribution in [3.63, 3.8) is 0 Å². The molecule has 8 nitrogen and oxygen atoms in total. The van der Waals surface area contributed by atoms with E-state index in [2.05, 4.69) is 0 Å². The summed E-state index contributed by atoms with van der Waals surface area (Å²) in [5.41, 5.74) is 3.87. The number of rotatable bonds is 4. The number of esters is 2. The number of anilines is 1. The number of benzene rings is 1. The van der Waals surface area contributed by atoms with Gasteiger partial charge >= 0.3 is 11.9 Å². The van der Waals surface area contributed by atoms with Gasteiger partial charge in [0.1, 0.15) is 12.1 Å². The summed E-state index contributed by atoms with van der Waals surface area (Å²) >= 11 is 0. The highest BCUT2D eigenvalue weighted by molar-refractivity contribution is 6.16. The third kappa shape index (κ3) is 4.45. The van der Waals surface area contributed by atoms with E-state index in [1.165, 1.54) is 0 Å². The van der Waals surface area contributed by atoms with E-state index < -0.39 is 41.6 Å². The topological polar surface area (TPSA) is 119 Å². The number of para-hydroxylation sites is 1. The summed E-state index contributed by atoms with van der Waals surface area (Å²) in [4.78, 5) is 39.1. The SMILES string of the molecule is CCOC(=O)CN1C(=O)[C@](N)(C(=O)OC(C)(C)C)CC(O)c2ccccc21. The first-order valence-electron chi connectivity index (χ1n) is 8.76. The standard InChI is InChI=1S/C19H26N2O6/c1-5-26-15(23)11-21-13-9-7-6-8-12(13)14(22)10-19(20,16(21)24)17(25)27-18(2,3)4/h6-9,14,22H,5,10-11,20H2,1-4H3/t14?,19-/m0/s1. The molecule has 3 N–H and O–H groups in total. The highest BCUT2D eigenvalue weighted by atomic mass is 16.6. The van der Waals surface area contributed by atoms with Crippen molar-refractivity contribution in [1.29, 1.82) is 0 Å². The van der Waals surface area contributed by atoms with Crippen molar-refractivity contribution in [1.82, 2.24) is 0 Å². The minimum absolute atomic E-state index is 0.144. The Balaban J connectivity index is 2.51. The van der Waals surface area contributed by atoms with Crippen LogP contribution < -0.4 is 10.6 Å². The van der Waals surface area contributed by atoms with E-state index in [0.29, 0.717) is 11.3 Å². The van der Waals surface area contributed by atoms with Crippen molar-refractivity contribution < 1.29 is 29.0 Å². The molecule has 1 unspecified atom stereocenters. The fourth-order valence-electron chi connectivity index (χ4n) is 2.90. The van der Waals surface area contributed by atoms with E-state index in [9.17, 15) is 19.5 Å². The van der Waals surface area contributed by atoms with Gasteiger partial charge in [-0.2, -0.15) is 0 Å². The van der Waals surface area contributed by atoms with E-state index in [0.717, 1.165) is 4.90 Å². The molecule has 8 heteroatoms. The van der Waals surface area contributed by atoms with Crippen LogP contribution in [0.1, 0.15) is 45.8 Å². The van der Waals surface area contributed by atoms with Crippen molar-refractivity contribution in [2.75, 3.05) is 18.1 Å². The van der Waals surface area contributed by atoms with Gasteiger partial charge in [0, 0.05) is 12.0 Å². The van der Waals surface area contributed by atoms with Gasteiger partial charge in [0.2, 0.25) is 0 Å². The van der Waals surface area contributed by atoms with Crippen LogP contribution in [0.25, 0.3) is 0 Å². The predicted molar refractivity (Wildman–Crippen MR) is 97.8 cm³/mol. The average molecular weight is 378 g/mol. The molecule has 1 heterocycles. The normalized spacial score (nSPS) is 22.7. The molecular weight excluding hydrogens is 352 g/mol. The van der Waals surface area contributed by atoms with Crippen molar-refractivity contribution in [2.45, 2.75) is 51.4 Å². The smallest absolute Gasteiger partial charge is 0.336 e. The molecule has 0 radical (unpaired) electrons. The molecule has 0 fully saturated rings. The first-order valence-corrected chi connectivity index (χ1v) is 8.76. The Kier molecular flexibility index (Phi) is 5.91. The fraction of sp³-hybridized carbons (Fsp3) is 0.526. The molecule has 2 rings (SSSR count). The zero-order valence-electron chi connectivity index (χ0n) is 16.0. The zero-order valence-corrected chi connectivity index (χ0v) is 16.0. The van der Waals surface area contributed by atoms with Gasteiger partial charge in [-0.25, -0.2) is 4.79 Å². The number of nitrogens with two attached hydrogens (primary N) is 1. The number of fused-ring (bicyclic) bond motifs is 1. The number of aliphatic hydroxyl groups is 1. The number of ether oxygens (including phenoxy) is 2. The molecule has 0 aliphatic carbocycles. The maximum Gasteiger partial charge on any atom is 0.336 e. The van der Waals surface area contributed by atoms with Gasteiger partial charge in [-0.15, -0.1) is 0 Å². The molecule has 0 saturated carbocycles. The number of hydrogen-bond donors (Lipinski definition) is 2. The summed E-state index contributed by atoms with van der Waals surface area (Å²) < 4.78 is 10.2. The van der Waals surface area contributed by atoms with Gasteiger partial charge in [-0.05, 0) is 33.8 Å². The average Bonchev–Trinajstić information content (AvgIpc) is 2.64. The van der Waals surface area contributed by atoms with Crippen LogP contribution in [-0.4, -0.2) is 47.2 Å². The van der Waals surface area contributed by atoms with E-state index in [-0.39, 0.29) is 13.0 Å². The molecule has 1 aliphatic rings. The van der Waals surface area contributed by atoms with Crippen LogP contribution in [0.15, 0.2) is 24.3 Å². The monoisotopic (exact) mass is 378 g/mol. The third-order valence-corrected chi connectivity index (χ3v) is 4.08. The molecule has 0 spiro atoms. The number of carbonyl (C=O) groups excluding carboxylic acids is 3. The second-order valence-electron chi connectivity index (χ2n) is 7.45. The molecule has 27 heavy (non-hydrogen) atoms. The Morgan fingerprint density at radius 1 is 1.33 bits per heavy atom. The van der Waals surface area contributed by atoms with Crippen LogP contribution in [0.4, 0.5) is 5.69 Å². The Labute approximate surface area is 158 Å². The van der Waals surface area contributed by atoms with Crippen molar-refractivity contribution in [3.8, 4) is 0 Å². The van der Waals surface area contributed by atoms with Gasteiger partial charge in [0.25, 0.3) is 5.91 Å². The van der Waals surface area contributed by atoms with Gasteiger partial charge in [-0.3, -0.25) is 14.5 Å². The summed E-state index contributed by atoms with van der Waals surface area (Å²) in [6.07, 6.45) is -1.55. The van der Waals surface area contributed by atoms with Crippen LogP contribution in [0.2, 0.25) is 0 Å². The van der Waals surface area contributed by atoms with Crippen molar-refractivity contribution in [2.24, 2.45) is 5.73 Å². The molecule has 1 aromatic carbocycles. The largest absolute Gasteiger partial charge is 0.465 e. The minimum atomic E-state index is -2.14. The lowest BCUT2D eigenvalue weighted by Crippen LogP contribution is -2.62. The molecular formula is C19H26N2O6. The van der Waals surface area contributed by atoms with Gasteiger partial charge in [0.05, 0.1) is 18.4 Å². The van der Waals surface area contributed by atoms with Crippen LogP contribution >= 0.6 is 0 Å². The molecule has 2 atom stereocenters. The molecule has 0 aromatic heterocycles. The quantitative estimate of drug-likeness (QED) is 0.594. The maximum atomic E-state index is 13.2. The second-order valence-corrected chi connectivity index (χ2v) is 7.45. The summed E-state index contributed by atoms with van der Waals surface area (Å²) in [6, 6.07) is 6.54. The summed E-state index contributed by atoms with van der Waals surface area (Å²) in [5, 5.41) is 10.6. The number of carbonyl (C=O) groups is 3. The van der Waals surface area contributed by atoms with Crippen molar-refractivity contribution in [3.05, 3.63) is 29.8 Å². The van der Waals surface area contributed by atoms with Crippen LogP contribution in [0, 0.1) is 0 Å². The van der Waals surface area contributed by atoms with E-state index in [1.807, 2.05) is 0 Å². The highest BCUT2D eigenvalue weighted by Gasteiger charge is 2.52. The fourth-order valence-corrected chi connectivity index (χ4v) is 2.90. The van der Waals surface area contributed by atoms with Gasteiger partial charge < -0.3 is 20.3 Å². The van der Waals surface area contributed by atoms with E-state index >= 15 is 0 Å². The third-order valence-electron chi connectivity index (χ3n) is 4.08. The first kappa shape index (κ1) is 20.9. The Morgan fingerprint density at radius 2 is 1.96 bits per heavy atom. The highest BCUT2D eigenvalue weighted by Crippen LogP contribution is 2.37. The summed E-state index contributed by atoms with van der Waals surface area (Å²) in [6.45, 7) is 6.31. The lowest BCUT2D eigenvalue weighted by atomic mass is 9.90. The van der Waals surface area contributed by atoms with Crippen LogP contribution in [-0.2, 0) is 23.9 Å². The van der Waals surface area contributed by atoms with E-state index in [4.69, 9.17) is 15.2 Å². The first-order chi connectivity index (χ1) is 12.5. The predicted octanol–water partition coefficient (Wildman–Crippen LogP) is 1.06. The zero-order chi connectivity index (χ0) is 20.4. The molecule has 0 saturated heterocycles. The Morgan fingerprint density at radius 3 is 2.56 bits per heavy atom. The lowest BCUT2D eigenvalue weighted by molar-refractivity contribution is -0.165. The maximum absolute atomic E-state index is 13.2.